The average molecular weight is 472 g/mol. The number of fused-ring (bicyclic) bond motifs is 3. The van der Waals surface area contributed by atoms with E-state index in [-0.39, 0.29) is 33.4 Å². The van der Waals surface area contributed by atoms with Gasteiger partial charge in [-0.15, -0.1) is 10.2 Å². The number of rotatable bonds is 4. The number of aliphatic carboxylic acids is 1. The van der Waals surface area contributed by atoms with Gasteiger partial charge in [0.2, 0.25) is 5.82 Å². The van der Waals surface area contributed by atoms with E-state index in [9.17, 15) is 27.5 Å². The predicted molar refractivity (Wildman–Crippen MR) is 102 cm³/mol. The summed E-state index contributed by atoms with van der Waals surface area (Å²) in [5.41, 5.74) is 0.227. The number of methoxy groups -OCH3 is 1. The number of halogens is 5. The summed E-state index contributed by atoms with van der Waals surface area (Å²) in [6.45, 7) is 0. The second-order valence-electron chi connectivity index (χ2n) is 6.88. The van der Waals surface area contributed by atoms with E-state index in [0.717, 1.165) is 6.07 Å². The molecule has 3 aromatic rings. The first-order chi connectivity index (χ1) is 15.1. The number of carboxylic acid groups (broad SMARTS) is 1. The van der Waals surface area contributed by atoms with Crippen molar-refractivity contribution in [1.82, 2.24) is 14.8 Å². The molecular weight excluding hydrogens is 458 g/mol. The normalized spacial score (nSPS) is 17.9. The lowest BCUT2D eigenvalue weighted by atomic mass is 9.98. The van der Waals surface area contributed by atoms with Crippen LogP contribution in [0.2, 0.25) is 5.02 Å². The topological polar surface area (TPSA) is 86.5 Å². The van der Waals surface area contributed by atoms with Gasteiger partial charge in [0, 0.05) is 16.1 Å². The standard InChI is InChI=1S/C20H14ClF4N3O4/c1-31-17-10(3-2-4-12(17)22)16-11-7-9(21)5-6-13(11)28-18(14(32-16)8-15(29)30)26-27-19(28)20(23,24)25/h2-7,14,16H,8H2,1H3,(H,29,30)/t14-,16-/m0/s1. The average Bonchev–Trinajstić information content (AvgIpc) is 3.11. The summed E-state index contributed by atoms with van der Waals surface area (Å²) in [7, 11) is 1.23. The zero-order chi connectivity index (χ0) is 23.2. The van der Waals surface area contributed by atoms with E-state index in [1.807, 2.05) is 0 Å². The molecule has 0 radical (unpaired) electrons. The summed E-state index contributed by atoms with van der Waals surface area (Å²) in [5.74, 6) is -3.99. The second-order valence-corrected chi connectivity index (χ2v) is 7.32. The number of carboxylic acids is 1. The summed E-state index contributed by atoms with van der Waals surface area (Å²) in [6, 6.07) is 8.01. The van der Waals surface area contributed by atoms with E-state index in [4.69, 9.17) is 21.1 Å². The van der Waals surface area contributed by atoms with Crippen LogP contribution in [-0.4, -0.2) is 33.0 Å². The lowest BCUT2D eigenvalue weighted by Gasteiger charge is -2.23. The number of nitrogens with zero attached hydrogens (tertiary/aromatic N) is 3. The van der Waals surface area contributed by atoms with Crippen molar-refractivity contribution in [2.75, 3.05) is 7.11 Å². The minimum absolute atomic E-state index is 0.0362. The quantitative estimate of drug-likeness (QED) is 0.554. The van der Waals surface area contributed by atoms with Crippen LogP contribution < -0.4 is 4.74 Å². The molecule has 0 amide bonds. The summed E-state index contributed by atoms with van der Waals surface area (Å²) >= 11 is 6.12. The number of aromatic nitrogens is 3. The highest BCUT2D eigenvalue weighted by atomic mass is 35.5. The number of carbonyl (C=O) groups is 1. The van der Waals surface area contributed by atoms with Crippen molar-refractivity contribution in [2.45, 2.75) is 24.8 Å². The molecule has 32 heavy (non-hydrogen) atoms. The fraction of sp³-hybridized carbons (Fsp3) is 0.250. The first kappa shape index (κ1) is 22.0. The van der Waals surface area contributed by atoms with E-state index < -0.39 is 42.4 Å². The van der Waals surface area contributed by atoms with Gasteiger partial charge < -0.3 is 14.6 Å². The lowest BCUT2D eigenvalue weighted by molar-refractivity contribution is -0.146. The van der Waals surface area contributed by atoms with Crippen molar-refractivity contribution in [3.8, 4) is 11.4 Å². The van der Waals surface area contributed by atoms with Crippen molar-refractivity contribution in [1.29, 1.82) is 0 Å². The van der Waals surface area contributed by atoms with Crippen LogP contribution >= 0.6 is 11.6 Å². The molecule has 1 aromatic heterocycles. The molecule has 2 heterocycles. The number of hydrogen-bond donors (Lipinski definition) is 1. The Labute approximate surface area is 183 Å². The van der Waals surface area contributed by atoms with Crippen LogP contribution in [0.15, 0.2) is 36.4 Å². The summed E-state index contributed by atoms with van der Waals surface area (Å²) in [4.78, 5) is 11.5. The lowest BCUT2D eigenvalue weighted by Crippen LogP contribution is -2.17. The molecule has 0 aliphatic carbocycles. The van der Waals surface area contributed by atoms with Crippen LogP contribution in [0.5, 0.6) is 5.75 Å². The minimum Gasteiger partial charge on any atom is -0.493 e. The SMILES string of the molecule is COc1c(F)cccc1[C@@H]1O[C@@H](CC(=O)O)c2nnc(C(F)(F)F)n2-c2ccc(Cl)cc21. The van der Waals surface area contributed by atoms with Crippen molar-refractivity contribution < 1.29 is 36.9 Å². The van der Waals surface area contributed by atoms with Gasteiger partial charge >= 0.3 is 12.1 Å². The zero-order valence-electron chi connectivity index (χ0n) is 16.2. The Bertz CT molecular complexity index is 1200. The molecule has 1 N–H and O–H groups in total. The molecule has 1 aliphatic heterocycles. The molecule has 0 saturated carbocycles. The molecule has 0 saturated heterocycles. The van der Waals surface area contributed by atoms with Gasteiger partial charge in [0.1, 0.15) is 12.2 Å². The van der Waals surface area contributed by atoms with Crippen LogP contribution in [0, 0.1) is 5.82 Å². The molecule has 168 valence electrons. The van der Waals surface area contributed by atoms with Crippen molar-refractivity contribution in [3.05, 3.63) is 70.0 Å². The summed E-state index contributed by atoms with van der Waals surface area (Å²) in [6.07, 6.45) is -8.28. The third-order valence-corrected chi connectivity index (χ3v) is 5.12. The summed E-state index contributed by atoms with van der Waals surface area (Å²) < 4.78 is 67.4. The zero-order valence-corrected chi connectivity index (χ0v) is 17.0. The van der Waals surface area contributed by atoms with E-state index in [1.165, 1.54) is 37.4 Å². The third-order valence-electron chi connectivity index (χ3n) is 4.89. The molecule has 0 spiro atoms. The van der Waals surface area contributed by atoms with Gasteiger partial charge in [-0.05, 0) is 24.3 Å². The Kier molecular flexibility index (Phi) is 5.55. The van der Waals surface area contributed by atoms with Crippen molar-refractivity contribution in [3.63, 3.8) is 0 Å². The van der Waals surface area contributed by atoms with Crippen LogP contribution in [0.4, 0.5) is 17.6 Å². The van der Waals surface area contributed by atoms with Gasteiger partial charge in [-0.3, -0.25) is 9.36 Å². The Morgan fingerprint density at radius 1 is 1.25 bits per heavy atom. The van der Waals surface area contributed by atoms with E-state index in [2.05, 4.69) is 10.2 Å². The van der Waals surface area contributed by atoms with E-state index in [0.29, 0.717) is 4.57 Å². The molecule has 0 fully saturated rings. The molecule has 0 unspecified atom stereocenters. The third kappa shape index (κ3) is 3.78. The molecular formula is C20H14ClF4N3O4. The molecule has 4 rings (SSSR count). The van der Waals surface area contributed by atoms with Crippen LogP contribution in [0.3, 0.4) is 0 Å². The first-order valence-corrected chi connectivity index (χ1v) is 9.51. The monoisotopic (exact) mass is 471 g/mol. The molecule has 12 heteroatoms. The molecule has 1 aliphatic rings. The highest BCUT2D eigenvalue weighted by molar-refractivity contribution is 6.30. The van der Waals surface area contributed by atoms with Gasteiger partial charge in [-0.1, -0.05) is 23.7 Å². The highest BCUT2D eigenvalue weighted by Crippen LogP contribution is 2.46. The van der Waals surface area contributed by atoms with Gasteiger partial charge in [0.15, 0.2) is 17.4 Å². The van der Waals surface area contributed by atoms with Crippen LogP contribution in [0.1, 0.15) is 41.4 Å². The second kappa shape index (κ2) is 8.06. The Morgan fingerprint density at radius 3 is 2.66 bits per heavy atom. The fourth-order valence-electron chi connectivity index (χ4n) is 3.65. The number of hydrogen-bond acceptors (Lipinski definition) is 5. The predicted octanol–water partition coefficient (Wildman–Crippen LogP) is 4.72. The maximum absolute atomic E-state index is 14.4. The Hall–Kier alpha value is -3.18. The Morgan fingerprint density at radius 2 is 2.00 bits per heavy atom. The number of ether oxygens (including phenoxy) is 2. The van der Waals surface area contributed by atoms with Crippen molar-refractivity contribution >= 4 is 17.6 Å². The minimum atomic E-state index is -4.90. The number of para-hydroxylation sites is 1. The Balaban J connectivity index is 2.04. The van der Waals surface area contributed by atoms with Gasteiger partial charge in [-0.25, -0.2) is 4.39 Å². The molecule has 0 bridgehead atoms. The van der Waals surface area contributed by atoms with Gasteiger partial charge in [0.05, 0.1) is 19.2 Å². The van der Waals surface area contributed by atoms with E-state index >= 15 is 0 Å². The molecule has 7 nitrogen and oxygen atoms in total. The molecule has 2 atom stereocenters. The maximum Gasteiger partial charge on any atom is 0.452 e. The smallest absolute Gasteiger partial charge is 0.452 e. The van der Waals surface area contributed by atoms with Crippen molar-refractivity contribution in [2.24, 2.45) is 0 Å². The van der Waals surface area contributed by atoms with Crippen LogP contribution in [0.25, 0.3) is 5.69 Å². The van der Waals surface area contributed by atoms with E-state index in [1.54, 1.807) is 0 Å². The molecule has 2 aromatic carbocycles. The van der Waals surface area contributed by atoms with Gasteiger partial charge in [-0.2, -0.15) is 13.2 Å². The van der Waals surface area contributed by atoms with Crippen LogP contribution in [-0.2, 0) is 15.7 Å². The number of alkyl halides is 3. The summed E-state index contributed by atoms with van der Waals surface area (Å²) in [5, 5.41) is 16.3. The number of benzene rings is 2. The largest absolute Gasteiger partial charge is 0.493 e. The van der Waals surface area contributed by atoms with Gasteiger partial charge in [0.25, 0.3) is 0 Å². The fourth-order valence-corrected chi connectivity index (χ4v) is 3.83. The maximum atomic E-state index is 14.4. The highest BCUT2D eigenvalue weighted by Gasteiger charge is 2.43. The first-order valence-electron chi connectivity index (χ1n) is 9.13.